The third-order valence-corrected chi connectivity index (χ3v) is 2.00. The highest BCUT2D eigenvalue weighted by Crippen LogP contribution is 2.20. The maximum Gasteiger partial charge on any atom is 0.345 e. The summed E-state index contributed by atoms with van der Waals surface area (Å²) in [6.45, 7) is 1.78. The lowest BCUT2D eigenvalue weighted by atomic mass is 10.3. The number of rotatable bonds is 2. The number of aromatic nitrogens is 3. The highest BCUT2D eigenvalue weighted by atomic mass is 16.5. The lowest BCUT2D eigenvalue weighted by Gasteiger charge is -1.95. The molecule has 0 aliphatic carbocycles. The van der Waals surface area contributed by atoms with Gasteiger partial charge in [-0.2, -0.15) is 0 Å². The molecule has 0 unspecified atom stereocenters. The number of carboxylic acid groups (broad SMARTS) is 1. The summed E-state index contributed by atoms with van der Waals surface area (Å²) in [5.41, 5.74) is 1.01. The Morgan fingerprint density at radius 3 is 2.93 bits per heavy atom. The van der Waals surface area contributed by atoms with Crippen LogP contribution in [0.1, 0.15) is 16.1 Å². The number of hydrogen-bond donors (Lipinski definition) is 1. The van der Waals surface area contributed by atoms with Gasteiger partial charge in [-0.05, 0) is 13.0 Å². The van der Waals surface area contributed by atoms with Crippen LogP contribution in [0.4, 0.5) is 0 Å². The molecule has 0 fully saturated rings. The van der Waals surface area contributed by atoms with Gasteiger partial charge in [-0.3, -0.25) is 0 Å². The summed E-state index contributed by atoms with van der Waals surface area (Å²) >= 11 is 0. The van der Waals surface area contributed by atoms with Gasteiger partial charge in [0.05, 0.1) is 7.11 Å². The number of carbonyl (C=O) groups is 1. The van der Waals surface area contributed by atoms with Crippen molar-refractivity contribution in [3.05, 3.63) is 23.5 Å². The van der Waals surface area contributed by atoms with Crippen LogP contribution >= 0.6 is 0 Å². The lowest BCUT2D eigenvalue weighted by Crippen LogP contribution is -2.00. The molecule has 2 aromatic rings. The molecule has 0 bridgehead atoms. The van der Waals surface area contributed by atoms with Gasteiger partial charge in [0.2, 0.25) is 5.88 Å². The first-order chi connectivity index (χ1) is 7.13. The summed E-state index contributed by atoms with van der Waals surface area (Å²) in [7, 11) is 1.38. The third-order valence-electron chi connectivity index (χ3n) is 2.00. The monoisotopic (exact) mass is 207 g/mol. The van der Waals surface area contributed by atoms with Crippen molar-refractivity contribution in [3.8, 4) is 5.88 Å². The number of carboxylic acids is 1. The summed E-state index contributed by atoms with van der Waals surface area (Å²) in [6, 6.07) is 1.74. The molecule has 2 heterocycles. The number of nitrogens with zero attached hydrogens (tertiary/aromatic N) is 3. The number of ether oxygens (including phenoxy) is 1. The van der Waals surface area contributed by atoms with Crippen LogP contribution in [0, 0.1) is 6.92 Å². The first kappa shape index (κ1) is 9.45. The van der Waals surface area contributed by atoms with Gasteiger partial charge in [-0.25, -0.2) is 14.3 Å². The van der Waals surface area contributed by atoms with E-state index in [1.807, 2.05) is 0 Å². The maximum absolute atomic E-state index is 11.0. The van der Waals surface area contributed by atoms with E-state index in [4.69, 9.17) is 9.84 Å². The fraction of sp³-hybridized carbons (Fsp3) is 0.222. The largest absolute Gasteiger partial charge is 0.479 e. The number of aromatic carboxylic acids is 1. The van der Waals surface area contributed by atoms with E-state index in [0.29, 0.717) is 5.65 Å². The highest BCUT2D eigenvalue weighted by molar-refractivity contribution is 5.97. The Kier molecular flexibility index (Phi) is 2.03. The first-order valence-corrected chi connectivity index (χ1v) is 4.26. The molecule has 0 radical (unpaired) electrons. The molecule has 2 rings (SSSR count). The van der Waals surface area contributed by atoms with Crippen molar-refractivity contribution in [2.75, 3.05) is 7.11 Å². The predicted molar refractivity (Wildman–Crippen MR) is 51.2 cm³/mol. The number of methoxy groups -OCH3 is 1. The lowest BCUT2D eigenvalue weighted by molar-refractivity contribution is 0.0695. The second-order valence-corrected chi connectivity index (χ2v) is 3.03. The second-order valence-electron chi connectivity index (χ2n) is 3.03. The molecule has 0 aliphatic rings. The zero-order chi connectivity index (χ0) is 11.0. The van der Waals surface area contributed by atoms with Gasteiger partial charge in [0.15, 0.2) is 11.2 Å². The number of aryl methyl sites for hydroxylation is 1. The molecule has 0 spiro atoms. The van der Waals surface area contributed by atoms with Crippen molar-refractivity contribution in [2.45, 2.75) is 6.92 Å². The van der Waals surface area contributed by atoms with E-state index in [-0.39, 0.29) is 11.4 Å². The third kappa shape index (κ3) is 1.39. The van der Waals surface area contributed by atoms with E-state index in [1.165, 1.54) is 11.6 Å². The SMILES string of the molecule is COc1nn2ccc(C)nc2c1C(=O)O. The molecule has 6 heteroatoms. The van der Waals surface area contributed by atoms with E-state index in [0.717, 1.165) is 5.69 Å². The Labute approximate surface area is 85.1 Å². The average Bonchev–Trinajstić information content (AvgIpc) is 2.55. The molecule has 0 saturated carbocycles. The van der Waals surface area contributed by atoms with E-state index in [9.17, 15) is 4.79 Å². The van der Waals surface area contributed by atoms with Crippen molar-refractivity contribution in [3.63, 3.8) is 0 Å². The van der Waals surface area contributed by atoms with E-state index in [2.05, 4.69) is 10.1 Å². The predicted octanol–water partition coefficient (Wildman–Crippen LogP) is 0.745. The molecule has 6 nitrogen and oxygen atoms in total. The maximum atomic E-state index is 11.0. The summed E-state index contributed by atoms with van der Waals surface area (Å²) in [5, 5.41) is 12.9. The second kappa shape index (κ2) is 3.23. The van der Waals surface area contributed by atoms with E-state index in [1.54, 1.807) is 19.2 Å². The van der Waals surface area contributed by atoms with Crippen LogP contribution in [-0.2, 0) is 0 Å². The molecular formula is C9H9N3O3. The van der Waals surface area contributed by atoms with E-state index < -0.39 is 5.97 Å². The van der Waals surface area contributed by atoms with Crippen LogP contribution in [-0.4, -0.2) is 32.8 Å². The van der Waals surface area contributed by atoms with Gasteiger partial charge < -0.3 is 9.84 Å². The van der Waals surface area contributed by atoms with Crippen LogP contribution in [0.15, 0.2) is 12.3 Å². The zero-order valence-corrected chi connectivity index (χ0v) is 8.26. The molecule has 0 aliphatic heterocycles. The minimum Gasteiger partial charge on any atom is -0.479 e. The van der Waals surface area contributed by atoms with Crippen molar-refractivity contribution in [2.24, 2.45) is 0 Å². The van der Waals surface area contributed by atoms with Gasteiger partial charge in [0.1, 0.15) is 0 Å². The Morgan fingerprint density at radius 1 is 1.60 bits per heavy atom. The Balaban J connectivity index is 2.82. The zero-order valence-electron chi connectivity index (χ0n) is 8.26. The van der Waals surface area contributed by atoms with Crippen molar-refractivity contribution < 1.29 is 14.6 Å². The topological polar surface area (TPSA) is 76.7 Å². The quantitative estimate of drug-likeness (QED) is 0.786. The fourth-order valence-electron chi connectivity index (χ4n) is 1.33. The minimum atomic E-state index is -1.10. The van der Waals surface area contributed by atoms with E-state index >= 15 is 0 Å². The molecule has 0 atom stereocenters. The van der Waals surface area contributed by atoms with Crippen LogP contribution in [0.3, 0.4) is 0 Å². The smallest absolute Gasteiger partial charge is 0.345 e. The molecule has 78 valence electrons. The average molecular weight is 207 g/mol. The van der Waals surface area contributed by atoms with Crippen molar-refractivity contribution in [1.29, 1.82) is 0 Å². The molecular weight excluding hydrogens is 198 g/mol. The van der Waals surface area contributed by atoms with Gasteiger partial charge in [0.25, 0.3) is 0 Å². The van der Waals surface area contributed by atoms with Crippen LogP contribution < -0.4 is 4.74 Å². The van der Waals surface area contributed by atoms with Gasteiger partial charge >= 0.3 is 5.97 Å². The normalized spacial score (nSPS) is 10.5. The summed E-state index contributed by atoms with van der Waals surface area (Å²) in [4.78, 5) is 15.1. The van der Waals surface area contributed by atoms with Crippen molar-refractivity contribution >= 4 is 11.6 Å². The molecule has 0 saturated heterocycles. The highest BCUT2D eigenvalue weighted by Gasteiger charge is 2.20. The summed E-state index contributed by atoms with van der Waals surface area (Å²) in [6.07, 6.45) is 1.65. The number of hydrogen-bond acceptors (Lipinski definition) is 4. The number of fused-ring (bicyclic) bond motifs is 1. The Bertz CT molecular complexity index is 533. The van der Waals surface area contributed by atoms with Gasteiger partial charge in [-0.1, -0.05) is 0 Å². The standard InChI is InChI=1S/C9H9N3O3/c1-5-3-4-12-7(10-5)6(9(13)14)8(11-12)15-2/h3-4H,1-2H3,(H,13,14). The molecule has 0 amide bonds. The molecule has 2 aromatic heterocycles. The van der Waals surface area contributed by atoms with Crippen LogP contribution in [0.5, 0.6) is 5.88 Å². The molecule has 15 heavy (non-hydrogen) atoms. The van der Waals surface area contributed by atoms with Gasteiger partial charge in [0, 0.05) is 11.9 Å². The minimum absolute atomic E-state index is 0.0128. The Hall–Kier alpha value is -2.11. The first-order valence-electron chi connectivity index (χ1n) is 4.26. The summed E-state index contributed by atoms with van der Waals surface area (Å²) in [5.74, 6) is -1.03. The fourth-order valence-corrected chi connectivity index (χ4v) is 1.33. The summed E-state index contributed by atoms with van der Waals surface area (Å²) < 4.78 is 6.26. The van der Waals surface area contributed by atoms with Crippen molar-refractivity contribution in [1.82, 2.24) is 14.6 Å². The van der Waals surface area contributed by atoms with Crippen LogP contribution in [0.25, 0.3) is 5.65 Å². The van der Waals surface area contributed by atoms with Crippen LogP contribution in [0.2, 0.25) is 0 Å². The Morgan fingerprint density at radius 2 is 2.33 bits per heavy atom. The molecule has 0 aromatic carbocycles. The van der Waals surface area contributed by atoms with Gasteiger partial charge in [-0.15, -0.1) is 5.10 Å². The molecule has 1 N–H and O–H groups in total.